The van der Waals surface area contributed by atoms with Crippen LogP contribution in [0.15, 0.2) is 48.5 Å². The monoisotopic (exact) mass is 381 g/mol. The maximum atomic E-state index is 12.3. The van der Waals surface area contributed by atoms with E-state index in [1.807, 2.05) is 62.6 Å². The Morgan fingerprint density at radius 1 is 1.18 bits per heavy atom. The Morgan fingerprint density at radius 3 is 2.71 bits per heavy atom. The van der Waals surface area contributed by atoms with Crippen molar-refractivity contribution in [1.29, 1.82) is 0 Å². The molecule has 1 aliphatic rings. The van der Waals surface area contributed by atoms with Crippen LogP contribution in [0.1, 0.15) is 18.4 Å². The average molecular weight is 381 g/mol. The molecule has 2 aromatic rings. The third-order valence-corrected chi connectivity index (χ3v) is 4.66. The van der Waals surface area contributed by atoms with Crippen LogP contribution in [-0.4, -0.2) is 50.5 Å². The third kappa shape index (κ3) is 5.33. The molecule has 6 nitrogen and oxygen atoms in total. The standard InChI is InChI=1S/C22H27N3O3/c1-24(2)13-6-14-25-19-15-18(10-11-20(19)28-16-22(25)27)23-21(26)12-9-17-7-4-3-5-8-17/h3-5,7-8,10-11,15H,6,9,12-14,16H2,1-2H3,(H,23,26). The topological polar surface area (TPSA) is 61.9 Å². The third-order valence-electron chi connectivity index (χ3n) is 4.66. The van der Waals surface area contributed by atoms with Gasteiger partial charge in [0.1, 0.15) is 5.75 Å². The summed E-state index contributed by atoms with van der Waals surface area (Å²) in [5.41, 5.74) is 2.53. The fourth-order valence-corrected chi connectivity index (χ4v) is 3.20. The first-order valence-electron chi connectivity index (χ1n) is 9.58. The molecule has 0 atom stereocenters. The molecule has 0 unspecified atom stereocenters. The lowest BCUT2D eigenvalue weighted by Gasteiger charge is -2.30. The highest BCUT2D eigenvalue weighted by atomic mass is 16.5. The summed E-state index contributed by atoms with van der Waals surface area (Å²) >= 11 is 0. The second kappa shape index (κ2) is 9.37. The van der Waals surface area contributed by atoms with E-state index in [-0.39, 0.29) is 18.4 Å². The Bertz CT molecular complexity index is 821. The molecule has 0 aromatic heterocycles. The SMILES string of the molecule is CN(C)CCCN1C(=O)COc2ccc(NC(=O)CCc3ccccc3)cc21. The summed E-state index contributed by atoms with van der Waals surface area (Å²) in [4.78, 5) is 28.5. The van der Waals surface area contributed by atoms with Crippen molar-refractivity contribution in [3.63, 3.8) is 0 Å². The van der Waals surface area contributed by atoms with Gasteiger partial charge in [-0.05, 0) is 57.2 Å². The van der Waals surface area contributed by atoms with E-state index in [1.54, 1.807) is 4.90 Å². The van der Waals surface area contributed by atoms with Crippen molar-refractivity contribution in [1.82, 2.24) is 4.90 Å². The number of benzene rings is 2. The molecule has 2 amide bonds. The number of anilines is 2. The van der Waals surface area contributed by atoms with E-state index in [0.29, 0.717) is 30.8 Å². The van der Waals surface area contributed by atoms with Gasteiger partial charge in [0.2, 0.25) is 5.91 Å². The number of nitrogens with one attached hydrogen (secondary N) is 1. The van der Waals surface area contributed by atoms with E-state index in [0.717, 1.165) is 24.2 Å². The van der Waals surface area contributed by atoms with E-state index < -0.39 is 0 Å². The van der Waals surface area contributed by atoms with Gasteiger partial charge < -0.3 is 19.9 Å². The predicted octanol–water partition coefficient (Wildman–Crippen LogP) is 2.94. The normalized spacial score (nSPS) is 13.2. The first-order chi connectivity index (χ1) is 13.5. The van der Waals surface area contributed by atoms with Crippen molar-refractivity contribution in [3.8, 4) is 5.75 Å². The molecule has 3 rings (SSSR count). The zero-order chi connectivity index (χ0) is 19.9. The van der Waals surface area contributed by atoms with Crippen LogP contribution in [0.3, 0.4) is 0 Å². The summed E-state index contributed by atoms with van der Waals surface area (Å²) in [6.07, 6.45) is 1.96. The summed E-state index contributed by atoms with van der Waals surface area (Å²) in [5, 5.41) is 2.93. The van der Waals surface area contributed by atoms with Gasteiger partial charge in [0.15, 0.2) is 6.61 Å². The number of hydrogen-bond donors (Lipinski definition) is 1. The van der Waals surface area contributed by atoms with Crippen LogP contribution in [0.25, 0.3) is 0 Å². The minimum Gasteiger partial charge on any atom is -0.482 e. The quantitative estimate of drug-likeness (QED) is 0.764. The van der Waals surface area contributed by atoms with E-state index in [2.05, 4.69) is 10.2 Å². The van der Waals surface area contributed by atoms with Gasteiger partial charge in [-0.2, -0.15) is 0 Å². The molecule has 0 fully saturated rings. The Hall–Kier alpha value is -2.86. The van der Waals surface area contributed by atoms with Gasteiger partial charge in [0.05, 0.1) is 5.69 Å². The Morgan fingerprint density at radius 2 is 1.96 bits per heavy atom. The maximum Gasteiger partial charge on any atom is 0.265 e. The molecular weight excluding hydrogens is 354 g/mol. The lowest BCUT2D eigenvalue weighted by atomic mass is 10.1. The smallest absolute Gasteiger partial charge is 0.265 e. The van der Waals surface area contributed by atoms with Crippen LogP contribution in [-0.2, 0) is 16.0 Å². The van der Waals surface area contributed by atoms with Crippen LogP contribution in [0.4, 0.5) is 11.4 Å². The highest BCUT2D eigenvalue weighted by Gasteiger charge is 2.25. The van der Waals surface area contributed by atoms with Gasteiger partial charge in [0, 0.05) is 18.7 Å². The molecule has 0 bridgehead atoms. The highest BCUT2D eigenvalue weighted by molar-refractivity contribution is 5.99. The van der Waals surface area contributed by atoms with Gasteiger partial charge in [-0.3, -0.25) is 9.59 Å². The molecule has 148 valence electrons. The van der Waals surface area contributed by atoms with Crippen molar-refractivity contribution in [2.75, 3.05) is 44.0 Å². The molecule has 0 saturated carbocycles. The summed E-state index contributed by atoms with van der Waals surface area (Å²) < 4.78 is 5.54. The Kier molecular flexibility index (Phi) is 6.66. The van der Waals surface area contributed by atoms with Crippen molar-refractivity contribution in [2.24, 2.45) is 0 Å². The summed E-state index contributed by atoms with van der Waals surface area (Å²) in [6.45, 7) is 1.58. The fraction of sp³-hybridized carbons (Fsp3) is 0.364. The number of hydrogen-bond acceptors (Lipinski definition) is 4. The lowest BCUT2D eigenvalue weighted by molar-refractivity contribution is -0.121. The van der Waals surface area contributed by atoms with E-state index >= 15 is 0 Å². The number of ether oxygens (including phenoxy) is 1. The molecule has 0 spiro atoms. The predicted molar refractivity (Wildman–Crippen MR) is 111 cm³/mol. The molecule has 1 heterocycles. The highest BCUT2D eigenvalue weighted by Crippen LogP contribution is 2.34. The zero-order valence-electron chi connectivity index (χ0n) is 16.5. The maximum absolute atomic E-state index is 12.3. The summed E-state index contributed by atoms with van der Waals surface area (Å²) in [5.74, 6) is 0.566. The minimum atomic E-state index is -0.0567. The summed E-state index contributed by atoms with van der Waals surface area (Å²) in [6, 6.07) is 15.4. The van der Waals surface area contributed by atoms with Crippen LogP contribution >= 0.6 is 0 Å². The van der Waals surface area contributed by atoms with Crippen molar-refractivity contribution < 1.29 is 14.3 Å². The van der Waals surface area contributed by atoms with Gasteiger partial charge in [-0.25, -0.2) is 0 Å². The first-order valence-corrected chi connectivity index (χ1v) is 9.58. The number of rotatable bonds is 8. The van der Waals surface area contributed by atoms with E-state index in [9.17, 15) is 9.59 Å². The van der Waals surface area contributed by atoms with Crippen LogP contribution < -0.4 is 15.0 Å². The number of carbonyl (C=O) groups excluding carboxylic acids is 2. The van der Waals surface area contributed by atoms with Crippen LogP contribution in [0, 0.1) is 0 Å². The van der Waals surface area contributed by atoms with Crippen LogP contribution in [0.5, 0.6) is 5.75 Å². The molecule has 0 radical (unpaired) electrons. The number of amides is 2. The zero-order valence-corrected chi connectivity index (χ0v) is 16.5. The van der Waals surface area contributed by atoms with Gasteiger partial charge in [-0.1, -0.05) is 30.3 Å². The van der Waals surface area contributed by atoms with E-state index in [4.69, 9.17) is 4.74 Å². The molecule has 0 aliphatic carbocycles. The van der Waals surface area contributed by atoms with Crippen molar-refractivity contribution >= 4 is 23.2 Å². The number of fused-ring (bicyclic) bond motifs is 1. The first kappa shape index (κ1) is 19.9. The largest absolute Gasteiger partial charge is 0.482 e. The fourth-order valence-electron chi connectivity index (χ4n) is 3.20. The van der Waals surface area contributed by atoms with Gasteiger partial charge >= 0.3 is 0 Å². The molecule has 1 N–H and O–H groups in total. The number of aryl methyl sites for hydroxylation is 1. The number of nitrogens with zero attached hydrogens (tertiary/aromatic N) is 2. The Balaban J connectivity index is 1.64. The van der Waals surface area contributed by atoms with Crippen molar-refractivity contribution in [2.45, 2.75) is 19.3 Å². The molecule has 2 aromatic carbocycles. The number of carbonyl (C=O) groups is 2. The van der Waals surface area contributed by atoms with E-state index in [1.165, 1.54) is 0 Å². The minimum absolute atomic E-state index is 0.0500. The van der Waals surface area contributed by atoms with Crippen molar-refractivity contribution in [3.05, 3.63) is 54.1 Å². The Labute approximate surface area is 166 Å². The van der Waals surface area contributed by atoms with Crippen LogP contribution in [0.2, 0.25) is 0 Å². The van der Waals surface area contributed by atoms with Gasteiger partial charge in [-0.15, -0.1) is 0 Å². The lowest BCUT2D eigenvalue weighted by Crippen LogP contribution is -2.40. The molecule has 0 saturated heterocycles. The average Bonchev–Trinajstić information content (AvgIpc) is 2.69. The second-order valence-electron chi connectivity index (χ2n) is 7.21. The van der Waals surface area contributed by atoms with Gasteiger partial charge in [0.25, 0.3) is 5.91 Å². The molecule has 28 heavy (non-hydrogen) atoms. The molecular formula is C22H27N3O3. The molecule has 6 heteroatoms. The molecule has 1 aliphatic heterocycles. The summed E-state index contributed by atoms with van der Waals surface area (Å²) in [7, 11) is 4.02. The second-order valence-corrected chi connectivity index (χ2v) is 7.21.